The van der Waals surface area contributed by atoms with Crippen molar-refractivity contribution in [3.63, 3.8) is 0 Å². The van der Waals surface area contributed by atoms with E-state index in [1.165, 1.54) is 0 Å². The molecule has 0 bridgehead atoms. The second-order valence-corrected chi connectivity index (χ2v) is 5.46. The Balaban J connectivity index is 1.59. The molecule has 1 aliphatic heterocycles. The van der Waals surface area contributed by atoms with Gasteiger partial charge in [0.15, 0.2) is 0 Å². The number of hydrogen-bond donors (Lipinski definition) is 0. The Kier molecular flexibility index (Phi) is 3.73. The van der Waals surface area contributed by atoms with Gasteiger partial charge >= 0.3 is 6.09 Å². The summed E-state index contributed by atoms with van der Waals surface area (Å²) in [6.07, 6.45) is -0.280. The number of carbonyl (C=O) groups is 1. The van der Waals surface area contributed by atoms with Gasteiger partial charge in [0, 0.05) is 6.54 Å². The fourth-order valence-electron chi connectivity index (χ4n) is 2.20. The van der Waals surface area contributed by atoms with Gasteiger partial charge in [-0.05, 0) is 27.6 Å². The van der Waals surface area contributed by atoms with E-state index in [0.29, 0.717) is 26.2 Å². The van der Waals surface area contributed by atoms with Gasteiger partial charge in [0.25, 0.3) is 0 Å². The Morgan fingerprint density at radius 1 is 1.30 bits per heavy atom. The van der Waals surface area contributed by atoms with Gasteiger partial charge in [0.1, 0.15) is 11.2 Å². The van der Waals surface area contributed by atoms with Gasteiger partial charge in [-0.1, -0.05) is 30.3 Å². The van der Waals surface area contributed by atoms with Crippen LogP contribution in [0.25, 0.3) is 0 Å². The fraction of sp³-hybridized carbons (Fsp3) is 0.286. The van der Waals surface area contributed by atoms with E-state index in [9.17, 15) is 4.79 Å². The number of amides is 1. The summed E-state index contributed by atoms with van der Waals surface area (Å²) in [4.78, 5) is 13.8. The number of nitrogens with zero attached hydrogens (tertiary/aromatic N) is 3. The van der Waals surface area contributed by atoms with Crippen LogP contribution in [0.1, 0.15) is 11.3 Å². The lowest BCUT2D eigenvalue weighted by atomic mass is 10.2. The lowest BCUT2D eigenvalue weighted by molar-refractivity contribution is 0.0858. The highest BCUT2D eigenvalue weighted by Crippen LogP contribution is 2.17. The van der Waals surface area contributed by atoms with Crippen molar-refractivity contribution in [1.29, 1.82) is 0 Å². The molecule has 0 unspecified atom stereocenters. The Morgan fingerprint density at radius 2 is 2.10 bits per heavy atom. The van der Waals surface area contributed by atoms with Crippen LogP contribution < -0.4 is 0 Å². The predicted octanol–water partition coefficient (Wildman–Crippen LogP) is 2.80. The number of benzene rings is 1. The molecule has 3 rings (SSSR count). The molecule has 5 nitrogen and oxygen atoms in total. The Labute approximate surface area is 125 Å². The highest BCUT2D eigenvalue weighted by Gasteiger charge is 2.22. The molecule has 0 N–H and O–H groups in total. The standard InChI is InChI=1S/C14H14BrN3O2/c15-13-8-12-9-17(6-7-18(12)16-13)14(19)20-10-11-4-2-1-3-5-11/h1-5,8H,6-7,9-10H2. The molecule has 1 aliphatic rings. The molecule has 1 aromatic heterocycles. The van der Waals surface area contributed by atoms with Crippen LogP contribution >= 0.6 is 15.9 Å². The van der Waals surface area contributed by atoms with Crippen LogP contribution in [0.5, 0.6) is 0 Å². The zero-order valence-corrected chi connectivity index (χ0v) is 12.4. The molecule has 104 valence electrons. The van der Waals surface area contributed by atoms with Crippen LogP contribution in [0.15, 0.2) is 41.0 Å². The summed E-state index contributed by atoms with van der Waals surface area (Å²) in [5.74, 6) is 0. The maximum atomic E-state index is 12.1. The minimum absolute atomic E-state index is 0.280. The number of rotatable bonds is 2. The molecule has 2 aromatic rings. The van der Waals surface area contributed by atoms with E-state index in [2.05, 4.69) is 21.0 Å². The average Bonchev–Trinajstić information content (AvgIpc) is 2.85. The van der Waals surface area contributed by atoms with Crippen LogP contribution in [-0.4, -0.2) is 27.3 Å². The summed E-state index contributed by atoms with van der Waals surface area (Å²) >= 11 is 3.34. The van der Waals surface area contributed by atoms with Gasteiger partial charge in [-0.2, -0.15) is 5.10 Å². The van der Waals surface area contributed by atoms with Crippen molar-refractivity contribution in [3.8, 4) is 0 Å². The predicted molar refractivity (Wildman–Crippen MR) is 77.0 cm³/mol. The summed E-state index contributed by atoms with van der Waals surface area (Å²) in [6, 6.07) is 11.6. The second kappa shape index (κ2) is 5.66. The fourth-order valence-corrected chi connectivity index (χ4v) is 2.65. The second-order valence-electron chi connectivity index (χ2n) is 4.64. The molecule has 0 fully saturated rings. The summed E-state index contributed by atoms with van der Waals surface area (Å²) in [7, 11) is 0. The first-order valence-electron chi connectivity index (χ1n) is 6.40. The normalized spacial score (nSPS) is 13.9. The van der Waals surface area contributed by atoms with E-state index in [-0.39, 0.29) is 6.09 Å². The zero-order chi connectivity index (χ0) is 13.9. The zero-order valence-electron chi connectivity index (χ0n) is 10.8. The van der Waals surface area contributed by atoms with Crippen molar-refractivity contribution in [2.75, 3.05) is 6.54 Å². The molecular weight excluding hydrogens is 322 g/mol. The van der Waals surface area contributed by atoms with Crippen molar-refractivity contribution in [2.24, 2.45) is 0 Å². The molecule has 1 aromatic carbocycles. The first-order chi connectivity index (χ1) is 9.72. The highest BCUT2D eigenvalue weighted by molar-refractivity contribution is 9.10. The molecule has 0 saturated heterocycles. The largest absolute Gasteiger partial charge is 0.445 e. The van der Waals surface area contributed by atoms with Crippen molar-refractivity contribution >= 4 is 22.0 Å². The molecule has 0 radical (unpaired) electrons. The Hall–Kier alpha value is -1.82. The quantitative estimate of drug-likeness (QED) is 0.847. The molecule has 6 heteroatoms. The van der Waals surface area contributed by atoms with Crippen LogP contribution in [0, 0.1) is 0 Å². The number of halogens is 1. The molecule has 0 atom stereocenters. The van der Waals surface area contributed by atoms with Gasteiger partial charge in [-0.3, -0.25) is 4.68 Å². The summed E-state index contributed by atoms with van der Waals surface area (Å²) < 4.78 is 8.04. The Bertz CT molecular complexity index is 612. The third kappa shape index (κ3) is 2.85. The molecule has 20 heavy (non-hydrogen) atoms. The maximum absolute atomic E-state index is 12.1. The summed E-state index contributed by atoms with van der Waals surface area (Å²) in [5.41, 5.74) is 2.01. The van der Waals surface area contributed by atoms with Crippen LogP contribution in [0.2, 0.25) is 0 Å². The van der Waals surface area contributed by atoms with Gasteiger partial charge in [-0.25, -0.2) is 4.79 Å². The first kappa shape index (κ1) is 13.2. The van der Waals surface area contributed by atoms with E-state index in [4.69, 9.17) is 4.74 Å². The first-order valence-corrected chi connectivity index (χ1v) is 7.19. The van der Waals surface area contributed by atoms with E-state index >= 15 is 0 Å². The molecule has 2 heterocycles. The number of carbonyl (C=O) groups excluding carboxylic acids is 1. The summed E-state index contributed by atoms with van der Waals surface area (Å²) in [5, 5.41) is 4.29. The van der Waals surface area contributed by atoms with Crippen LogP contribution in [0.4, 0.5) is 4.79 Å². The molecular formula is C14H14BrN3O2. The number of fused-ring (bicyclic) bond motifs is 1. The molecule has 0 saturated carbocycles. The van der Waals surface area contributed by atoms with Gasteiger partial charge in [0.2, 0.25) is 0 Å². The number of ether oxygens (including phenoxy) is 1. The molecule has 1 amide bonds. The molecule has 0 aliphatic carbocycles. The van der Waals surface area contributed by atoms with E-state index in [1.807, 2.05) is 41.1 Å². The van der Waals surface area contributed by atoms with Crippen molar-refractivity contribution in [1.82, 2.24) is 14.7 Å². The van der Waals surface area contributed by atoms with E-state index in [0.717, 1.165) is 15.9 Å². The van der Waals surface area contributed by atoms with E-state index < -0.39 is 0 Å². The highest BCUT2D eigenvalue weighted by atomic mass is 79.9. The lowest BCUT2D eigenvalue weighted by Gasteiger charge is -2.26. The Morgan fingerprint density at radius 3 is 2.90 bits per heavy atom. The van der Waals surface area contributed by atoms with Crippen molar-refractivity contribution in [3.05, 3.63) is 52.3 Å². The minimum atomic E-state index is -0.280. The maximum Gasteiger partial charge on any atom is 0.410 e. The topological polar surface area (TPSA) is 47.4 Å². The van der Waals surface area contributed by atoms with Gasteiger partial charge < -0.3 is 9.64 Å². The third-order valence-corrected chi connectivity index (χ3v) is 3.62. The molecule has 0 spiro atoms. The minimum Gasteiger partial charge on any atom is -0.445 e. The van der Waals surface area contributed by atoms with Crippen molar-refractivity contribution < 1.29 is 9.53 Å². The monoisotopic (exact) mass is 335 g/mol. The van der Waals surface area contributed by atoms with Crippen LogP contribution in [0.3, 0.4) is 0 Å². The smallest absolute Gasteiger partial charge is 0.410 e. The van der Waals surface area contributed by atoms with Gasteiger partial charge in [-0.15, -0.1) is 0 Å². The van der Waals surface area contributed by atoms with Crippen LogP contribution in [-0.2, 0) is 24.4 Å². The van der Waals surface area contributed by atoms with Crippen molar-refractivity contribution in [2.45, 2.75) is 19.7 Å². The third-order valence-electron chi connectivity index (χ3n) is 3.23. The number of hydrogen-bond acceptors (Lipinski definition) is 3. The average molecular weight is 336 g/mol. The van der Waals surface area contributed by atoms with E-state index in [1.54, 1.807) is 4.90 Å². The van der Waals surface area contributed by atoms with Gasteiger partial charge in [0.05, 0.1) is 18.8 Å². The number of aromatic nitrogens is 2. The summed E-state index contributed by atoms with van der Waals surface area (Å²) in [6.45, 7) is 2.15. The SMILES string of the molecule is O=C(OCc1ccccc1)N1CCn2nc(Br)cc2C1. The lowest BCUT2D eigenvalue weighted by Crippen LogP contribution is -2.38.